The van der Waals surface area contributed by atoms with Gasteiger partial charge in [-0.1, -0.05) is 12.8 Å². The molecule has 0 aromatic carbocycles. The number of aryl methyl sites for hydroxylation is 2. The molecule has 94 valence electrons. The Kier molecular flexibility index (Phi) is 4.15. The molecule has 3 nitrogen and oxygen atoms in total. The minimum absolute atomic E-state index is 0.251. The molecule has 0 unspecified atom stereocenters. The van der Waals surface area contributed by atoms with Gasteiger partial charge in [0.25, 0.3) is 0 Å². The van der Waals surface area contributed by atoms with E-state index in [-0.39, 0.29) is 6.42 Å². The van der Waals surface area contributed by atoms with Crippen molar-refractivity contribution < 1.29 is 9.90 Å². The molecule has 2 rings (SSSR count). The molecule has 17 heavy (non-hydrogen) atoms. The predicted molar refractivity (Wildman–Crippen MR) is 68.6 cm³/mol. The SMILES string of the molecule is Cc1nc(CCCC(=O)O)c(C2CCCC2)s1. The van der Waals surface area contributed by atoms with Crippen molar-refractivity contribution in [3.63, 3.8) is 0 Å². The Balaban J connectivity index is 2.02. The normalized spacial score (nSPS) is 16.5. The molecule has 1 fully saturated rings. The number of thiazole rings is 1. The Morgan fingerprint density at radius 1 is 1.47 bits per heavy atom. The van der Waals surface area contributed by atoms with Gasteiger partial charge in [0.05, 0.1) is 10.7 Å². The van der Waals surface area contributed by atoms with Crippen molar-refractivity contribution in [2.24, 2.45) is 0 Å². The molecule has 1 aliphatic rings. The van der Waals surface area contributed by atoms with E-state index < -0.39 is 5.97 Å². The first-order valence-electron chi connectivity index (χ1n) is 6.35. The number of hydrogen-bond donors (Lipinski definition) is 1. The highest BCUT2D eigenvalue weighted by Crippen LogP contribution is 2.39. The average Bonchev–Trinajstić information content (AvgIpc) is 2.86. The topological polar surface area (TPSA) is 50.2 Å². The molecule has 0 aliphatic heterocycles. The van der Waals surface area contributed by atoms with Crippen LogP contribution in [0.15, 0.2) is 0 Å². The van der Waals surface area contributed by atoms with E-state index in [1.54, 1.807) is 0 Å². The molecule has 1 N–H and O–H groups in total. The van der Waals surface area contributed by atoms with Gasteiger partial charge in [0.2, 0.25) is 0 Å². The molecule has 0 spiro atoms. The summed E-state index contributed by atoms with van der Waals surface area (Å²) >= 11 is 1.81. The summed E-state index contributed by atoms with van der Waals surface area (Å²) in [6.45, 7) is 2.05. The zero-order chi connectivity index (χ0) is 12.3. The molecule has 0 atom stereocenters. The first kappa shape index (κ1) is 12.6. The fraction of sp³-hybridized carbons (Fsp3) is 0.692. The second kappa shape index (κ2) is 5.63. The molecule has 0 radical (unpaired) electrons. The maximum atomic E-state index is 10.5. The van der Waals surface area contributed by atoms with E-state index in [0.29, 0.717) is 12.3 Å². The van der Waals surface area contributed by atoms with Crippen LogP contribution in [0.5, 0.6) is 0 Å². The van der Waals surface area contributed by atoms with Gasteiger partial charge in [-0.3, -0.25) is 4.79 Å². The molecule has 4 heteroatoms. The molecule has 0 saturated heterocycles. The highest BCUT2D eigenvalue weighted by Gasteiger charge is 2.22. The van der Waals surface area contributed by atoms with Crippen LogP contribution in [0.2, 0.25) is 0 Å². The lowest BCUT2D eigenvalue weighted by Gasteiger charge is -2.08. The Bertz CT molecular complexity index is 394. The van der Waals surface area contributed by atoms with E-state index in [2.05, 4.69) is 4.98 Å². The van der Waals surface area contributed by atoms with Crippen LogP contribution in [0.3, 0.4) is 0 Å². The van der Waals surface area contributed by atoms with Crippen LogP contribution in [0.1, 0.15) is 60.0 Å². The summed E-state index contributed by atoms with van der Waals surface area (Å²) in [5.41, 5.74) is 1.17. The zero-order valence-corrected chi connectivity index (χ0v) is 11.1. The van der Waals surface area contributed by atoms with Crippen LogP contribution < -0.4 is 0 Å². The van der Waals surface area contributed by atoms with Crippen molar-refractivity contribution >= 4 is 17.3 Å². The lowest BCUT2D eigenvalue weighted by atomic mass is 10.0. The van der Waals surface area contributed by atoms with Gasteiger partial charge in [0.1, 0.15) is 0 Å². The minimum atomic E-state index is -0.709. The van der Waals surface area contributed by atoms with Gasteiger partial charge in [-0.2, -0.15) is 0 Å². The van der Waals surface area contributed by atoms with Gasteiger partial charge in [-0.15, -0.1) is 11.3 Å². The van der Waals surface area contributed by atoms with Crippen molar-refractivity contribution in [1.82, 2.24) is 4.98 Å². The standard InChI is InChI=1S/C13H19NO2S/c1-9-14-11(7-4-8-12(15)16)13(17-9)10-5-2-3-6-10/h10H,2-8H2,1H3,(H,15,16). The van der Waals surface area contributed by atoms with Crippen LogP contribution in [0.25, 0.3) is 0 Å². The lowest BCUT2D eigenvalue weighted by molar-refractivity contribution is -0.137. The second-order valence-electron chi connectivity index (χ2n) is 4.77. The fourth-order valence-corrected chi connectivity index (χ4v) is 3.72. The molecule has 1 aliphatic carbocycles. The summed E-state index contributed by atoms with van der Waals surface area (Å²) in [5, 5.41) is 9.78. The molecular weight excluding hydrogens is 234 g/mol. The molecule has 1 aromatic rings. The number of hydrogen-bond acceptors (Lipinski definition) is 3. The second-order valence-corrected chi connectivity index (χ2v) is 6.01. The average molecular weight is 253 g/mol. The molecule has 0 amide bonds. The third-order valence-electron chi connectivity index (χ3n) is 3.36. The molecule has 0 bridgehead atoms. The van der Waals surface area contributed by atoms with Crippen LogP contribution >= 0.6 is 11.3 Å². The number of rotatable bonds is 5. The van der Waals surface area contributed by atoms with E-state index >= 15 is 0 Å². The van der Waals surface area contributed by atoms with Gasteiger partial charge in [0, 0.05) is 11.3 Å². The van der Waals surface area contributed by atoms with E-state index in [1.165, 1.54) is 36.3 Å². The van der Waals surface area contributed by atoms with Gasteiger partial charge in [-0.05, 0) is 38.5 Å². The van der Waals surface area contributed by atoms with E-state index in [9.17, 15) is 4.79 Å². The van der Waals surface area contributed by atoms with Gasteiger partial charge in [-0.25, -0.2) is 4.98 Å². The highest BCUT2D eigenvalue weighted by molar-refractivity contribution is 7.11. The number of aliphatic carboxylic acids is 1. The minimum Gasteiger partial charge on any atom is -0.481 e. The zero-order valence-electron chi connectivity index (χ0n) is 10.2. The predicted octanol–water partition coefficient (Wildman–Crippen LogP) is 3.52. The number of aromatic nitrogens is 1. The van der Waals surface area contributed by atoms with Crippen LogP contribution in [0, 0.1) is 6.92 Å². The first-order valence-corrected chi connectivity index (χ1v) is 7.16. The molecule has 1 heterocycles. The van der Waals surface area contributed by atoms with E-state index in [4.69, 9.17) is 5.11 Å². The lowest BCUT2D eigenvalue weighted by Crippen LogP contribution is -1.99. The fourth-order valence-electron chi connectivity index (χ4n) is 2.58. The highest BCUT2D eigenvalue weighted by atomic mass is 32.1. The number of nitrogens with zero attached hydrogens (tertiary/aromatic N) is 1. The summed E-state index contributed by atoms with van der Waals surface area (Å²) in [6, 6.07) is 0. The van der Waals surface area contributed by atoms with Crippen molar-refractivity contribution in [3.8, 4) is 0 Å². The Morgan fingerprint density at radius 2 is 2.18 bits per heavy atom. The number of carboxylic acid groups (broad SMARTS) is 1. The third-order valence-corrected chi connectivity index (χ3v) is 4.54. The molecule has 1 saturated carbocycles. The summed E-state index contributed by atoms with van der Waals surface area (Å²) in [4.78, 5) is 16.5. The van der Waals surface area contributed by atoms with Crippen molar-refractivity contribution in [3.05, 3.63) is 15.6 Å². The van der Waals surface area contributed by atoms with Gasteiger partial charge >= 0.3 is 5.97 Å². The van der Waals surface area contributed by atoms with Crippen molar-refractivity contribution in [2.75, 3.05) is 0 Å². The number of carboxylic acids is 1. The van der Waals surface area contributed by atoms with Crippen LogP contribution in [-0.4, -0.2) is 16.1 Å². The Labute approximate surface area is 106 Å². The summed E-state index contributed by atoms with van der Waals surface area (Å²) in [7, 11) is 0. The van der Waals surface area contributed by atoms with Crippen LogP contribution in [0.4, 0.5) is 0 Å². The summed E-state index contributed by atoms with van der Waals surface area (Å²) in [5.74, 6) is -0.0135. The van der Waals surface area contributed by atoms with Gasteiger partial charge in [0.15, 0.2) is 0 Å². The Morgan fingerprint density at radius 3 is 2.82 bits per heavy atom. The van der Waals surface area contributed by atoms with Crippen LogP contribution in [-0.2, 0) is 11.2 Å². The number of carbonyl (C=O) groups is 1. The monoisotopic (exact) mass is 253 g/mol. The van der Waals surface area contributed by atoms with Crippen molar-refractivity contribution in [1.29, 1.82) is 0 Å². The third kappa shape index (κ3) is 3.28. The molecule has 1 aromatic heterocycles. The molecular formula is C13H19NO2S. The first-order chi connectivity index (χ1) is 8.16. The largest absolute Gasteiger partial charge is 0.481 e. The van der Waals surface area contributed by atoms with Crippen molar-refractivity contribution in [2.45, 2.75) is 57.8 Å². The summed E-state index contributed by atoms with van der Waals surface area (Å²) in [6.07, 6.45) is 7.01. The maximum Gasteiger partial charge on any atom is 0.303 e. The summed E-state index contributed by atoms with van der Waals surface area (Å²) < 4.78 is 0. The quantitative estimate of drug-likeness (QED) is 0.873. The van der Waals surface area contributed by atoms with Gasteiger partial charge < -0.3 is 5.11 Å². The smallest absolute Gasteiger partial charge is 0.303 e. The van der Waals surface area contributed by atoms with E-state index in [1.807, 2.05) is 18.3 Å². The Hall–Kier alpha value is -0.900. The van der Waals surface area contributed by atoms with E-state index in [0.717, 1.165) is 11.4 Å². The maximum absolute atomic E-state index is 10.5.